The fraction of sp³-hybridized carbons (Fsp3) is 0.444. The molecular weight excluding hydrogens is 482 g/mol. The normalized spacial score (nSPS) is 32.4. The molecule has 1 spiro atoms. The van der Waals surface area contributed by atoms with Gasteiger partial charge >= 0.3 is 0 Å². The van der Waals surface area contributed by atoms with Crippen LogP contribution in [0.5, 0.6) is 0 Å². The highest BCUT2D eigenvalue weighted by Crippen LogP contribution is 2.65. The molecule has 3 heterocycles. The number of aliphatic hydroxyl groups excluding tert-OH is 1. The van der Waals surface area contributed by atoms with Crippen LogP contribution < -0.4 is 10.6 Å². The third-order valence-corrected chi connectivity index (χ3v) is 8.41. The number of halogens is 1. The monoisotopic (exact) mass is 511 g/mol. The van der Waals surface area contributed by atoms with Crippen molar-refractivity contribution in [1.29, 1.82) is 0 Å². The molecule has 5 rings (SSSR count). The first kappa shape index (κ1) is 24.7. The number of anilines is 2. The molecule has 0 saturated carbocycles. The van der Waals surface area contributed by atoms with Crippen LogP contribution in [0.25, 0.3) is 0 Å². The number of carbonyl (C=O) groups is 3. The summed E-state index contributed by atoms with van der Waals surface area (Å²) in [4.78, 5) is 42.8. The predicted octanol–water partition coefficient (Wildman–Crippen LogP) is 3.31. The van der Waals surface area contributed by atoms with E-state index in [0.717, 1.165) is 0 Å². The van der Waals surface area contributed by atoms with E-state index in [0.29, 0.717) is 29.2 Å². The highest BCUT2D eigenvalue weighted by molar-refractivity contribution is 6.33. The van der Waals surface area contributed by atoms with Gasteiger partial charge in [0.1, 0.15) is 11.6 Å². The first-order valence-electron chi connectivity index (χ1n) is 12.3. The average Bonchev–Trinajstić information content (AvgIpc) is 3.36. The maximum Gasteiger partial charge on any atom is 0.250 e. The van der Waals surface area contributed by atoms with Crippen LogP contribution in [0.3, 0.4) is 0 Å². The molecule has 0 aromatic heterocycles. The number of benzene rings is 2. The summed E-state index contributed by atoms with van der Waals surface area (Å²) in [6, 6.07) is 15.0. The van der Waals surface area contributed by atoms with Gasteiger partial charge in [-0.15, -0.1) is 0 Å². The lowest BCUT2D eigenvalue weighted by Gasteiger charge is -2.36. The fourth-order valence-electron chi connectivity index (χ4n) is 6.43. The molecular formula is C27H30ClN3O5. The summed E-state index contributed by atoms with van der Waals surface area (Å²) >= 11 is 6.29. The second-order valence-corrected chi connectivity index (χ2v) is 10.5. The van der Waals surface area contributed by atoms with Gasteiger partial charge in [0.05, 0.1) is 28.1 Å². The molecule has 3 amide bonds. The van der Waals surface area contributed by atoms with Crippen LogP contribution in [0.4, 0.5) is 11.4 Å². The SMILES string of the molecule is CC1CC23O[C@]1(C)[C@@H](C(=O)Nc1ccccc1)[C@H]2C(=O)N(CCCO)C3C(=O)Nc1ccccc1Cl. The van der Waals surface area contributed by atoms with E-state index in [1.165, 1.54) is 4.90 Å². The molecule has 36 heavy (non-hydrogen) atoms. The lowest BCUT2D eigenvalue weighted by Crippen LogP contribution is -2.54. The zero-order chi connectivity index (χ0) is 25.7. The van der Waals surface area contributed by atoms with Gasteiger partial charge in [-0.2, -0.15) is 0 Å². The van der Waals surface area contributed by atoms with Gasteiger partial charge in [0.25, 0.3) is 0 Å². The maximum atomic E-state index is 13.9. The minimum Gasteiger partial charge on any atom is -0.396 e. The standard InChI is InChI=1S/C27H30ClN3O5/c1-16-15-27-21(20(26(16,2)36-27)23(33)29-17-9-4-3-5-10-17)25(35)31(13-8-14-32)22(27)24(34)30-19-12-7-6-11-18(19)28/h3-7,9-12,16,20-22,32H,8,13-15H2,1-2H3,(H,29,33)(H,30,34)/t16?,20-,21+,22?,26+,27?/m1/s1. The van der Waals surface area contributed by atoms with Gasteiger partial charge in [-0.3, -0.25) is 14.4 Å². The molecule has 2 bridgehead atoms. The number of rotatable bonds is 7. The van der Waals surface area contributed by atoms with Crippen molar-refractivity contribution in [2.75, 3.05) is 23.8 Å². The van der Waals surface area contributed by atoms with E-state index in [2.05, 4.69) is 10.6 Å². The number of hydrogen-bond donors (Lipinski definition) is 3. The summed E-state index contributed by atoms with van der Waals surface area (Å²) in [5.41, 5.74) is -1.01. The van der Waals surface area contributed by atoms with E-state index < -0.39 is 35.0 Å². The quantitative estimate of drug-likeness (QED) is 0.528. The van der Waals surface area contributed by atoms with Gasteiger partial charge in [0.15, 0.2) is 0 Å². The lowest BCUT2D eigenvalue weighted by atomic mass is 9.62. The predicted molar refractivity (Wildman–Crippen MR) is 135 cm³/mol. The zero-order valence-electron chi connectivity index (χ0n) is 20.2. The number of fused-ring (bicyclic) bond motifs is 1. The van der Waals surface area contributed by atoms with E-state index in [-0.39, 0.29) is 30.9 Å². The van der Waals surface area contributed by atoms with E-state index in [4.69, 9.17) is 16.3 Å². The van der Waals surface area contributed by atoms with Crippen molar-refractivity contribution in [3.05, 3.63) is 59.6 Å². The van der Waals surface area contributed by atoms with Gasteiger partial charge < -0.3 is 25.4 Å². The van der Waals surface area contributed by atoms with Crippen molar-refractivity contribution in [1.82, 2.24) is 4.90 Å². The molecule has 3 N–H and O–H groups in total. The highest BCUT2D eigenvalue weighted by Gasteiger charge is 2.79. The molecule has 3 fully saturated rings. The van der Waals surface area contributed by atoms with Crippen molar-refractivity contribution in [3.63, 3.8) is 0 Å². The molecule has 0 aliphatic carbocycles. The number of likely N-dealkylation sites (tertiary alicyclic amines) is 1. The first-order chi connectivity index (χ1) is 17.2. The topological polar surface area (TPSA) is 108 Å². The van der Waals surface area contributed by atoms with Crippen LogP contribution in [0, 0.1) is 17.8 Å². The summed E-state index contributed by atoms with van der Waals surface area (Å²) in [6.07, 6.45) is 0.767. The molecule has 2 aromatic carbocycles. The molecule has 3 saturated heterocycles. The Hall–Kier alpha value is -2.94. The molecule has 3 unspecified atom stereocenters. The minimum atomic E-state index is -1.16. The molecule has 2 aromatic rings. The molecule has 3 aliphatic rings. The van der Waals surface area contributed by atoms with E-state index in [1.807, 2.05) is 32.0 Å². The summed E-state index contributed by atoms with van der Waals surface area (Å²) in [5.74, 6) is -2.68. The van der Waals surface area contributed by atoms with Crippen molar-refractivity contribution in [3.8, 4) is 0 Å². The third-order valence-electron chi connectivity index (χ3n) is 8.08. The number of amides is 3. The van der Waals surface area contributed by atoms with Crippen LogP contribution in [-0.2, 0) is 19.1 Å². The number of nitrogens with zero attached hydrogens (tertiary/aromatic N) is 1. The molecule has 9 heteroatoms. The second-order valence-electron chi connectivity index (χ2n) is 10.1. The highest BCUT2D eigenvalue weighted by atomic mass is 35.5. The van der Waals surface area contributed by atoms with Crippen molar-refractivity contribution in [2.24, 2.45) is 17.8 Å². The summed E-state index contributed by atoms with van der Waals surface area (Å²) in [7, 11) is 0. The molecule has 0 radical (unpaired) electrons. The summed E-state index contributed by atoms with van der Waals surface area (Å²) in [6.45, 7) is 3.91. The van der Waals surface area contributed by atoms with Gasteiger partial charge in [0.2, 0.25) is 17.7 Å². The average molecular weight is 512 g/mol. The smallest absolute Gasteiger partial charge is 0.250 e. The van der Waals surface area contributed by atoms with Crippen molar-refractivity contribution >= 4 is 40.7 Å². The number of carbonyl (C=O) groups excluding carboxylic acids is 3. The number of aliphatic hydroxyl groups is 1. The van der Waals surface area contributed by atoms with Crippen LogP contribution >= 0.6 is 11.6 Å². The largest absolute Gasteiger partial charge is 0.396 e. The first-order valence-corrected chi connectivity index (χ1v) is 12.6. The van der Waals surface area contributed by atoms with E-state index in [1.54, 1.807) is 36.4 Å². The van der Waals surface area contributed by atoms with E-state index in [9.17, 15) is 19.5 Å². The molecule has 8 nitrogen and oxygen atoms in total. The Morgan fingerprint density at radius 2 is 1.81 bits per heavy atom. The van der Waals surface area contributed by atoms with Gasteiger partial charge in [-0.1, -0.05) is 48.9 Å². The number of ether oxygens (including phenoxy) is 1. The van der Waals surface area contributed by atoms with Gasteiger partial charge in [-0.25, -0.2) is 0 Å². The van der Waals surface area contributed by atoms with Crippen LogP contribution in [0.15, 0.2) is 54.6 Å². The Morgan fingerprint density at radius 3 is 2.50 bits per heavy atom. The van der Waals surface area contributed by atoms with Gasteiger partial charge in [-0.05, 0) is 49.9 Å². The summed E-state index contributed by atoms with van der Waals surface area (Å²) in [5, 5.41) is 15.7. The van der Waals surface area contributed by atoms with E-state index >= 15 is 0 Å². The van der Waals surface area contributed by atoms with Crippen molar-refractivity contribution in [2.45, 2.75) is 43.9 Å². The fourth-order valence-corrected chi connectivity index (χ4v) is 6.61. The molecule has 190 valence electrons. The molecule has 6 atom stereocenters. The Labute approximate surface area is 215 Å². The van der Waals surface area contributed by atoms with Crippen LogP contribution in [-0.4, -0.2) is 58.1 Å². The zero-order valence-corrected chi connectivity index (χ0v) is 21.0. The van der Waals surface area contributed by atoms with Crippen molar-refractivity contribution < 1.29 is 24.2 Å². The Kier molecular flexibility index (Phi) is 6.31. The van der Waals surface area contributed by atoms with Gasteiger partial charge in [0, 0.05) is 18.8 Å². The molecule has 3 aliphatic heterocycles. The van der Waals surface area contributed by atoms with Crippen LogP contribution in [0.1, 0.15) is 26.7 Å². The number of para-hydroxylation sites is 2. The Bertz CT molecular complexity index is 1190. The maximum absolute atomic E-state index is 13.9. The third kappa shape index (κ3) is 3.70. The number of hydrogen-bond acceptors (Lipinski definition) is 5. The Morgan fingerprint density at radius 1 is 1.11 bits per heavy atom. The Balaban J connectivity index is 1.53. The number of nitrogens with one attached hydrogen (secondary N) is 2. The second kappa shape index (κ2) is 9.18. The minimum absolute atomic E-state index is 0.0681. The summed E-state index contributed by atoms with van der Waals surface area (Å²) < 4.78 is 6.66. The van der Waals surface area contributed by atoms with Crippen LogP contribution in [0.2, 0.25) is 5.02 Å². The lowest BCUT2D eigenvalue weighted by molar-refractivity contribution is -0.144.